The molecule has 7 nitrogen and oxygen atoms in total. The third-order valence-corrected chi connectivity index (χ3v) is 5.04. The van der Waals surface area contributed by atoms with Crippen molar-refractivity contribution in [3.05, 3.63) is 34.8 Å². The highest BCUT2D eigenvalue weighted by Gasteiger charge is 2.37. The SMILES string of the molecule is Cc1c(C(F)(F)F)nc2c(c1NC(=O)/N=[SH](=O)\c1ccn(C)n1)CCC2. The molecule has 0 saturated heterocycles. The summed E-state index contributed by atoms with van der Waals surface area (Å²) in [4.78, 5) is 15.8. The fraction of sp³-hybridized carbons (Fsp3) is 0.400. The van der Waals surface area contributed by atoms with Crippen LogP contribution in [0.4, 0.5) is 23.7 Å². The Kier molecular flexibility index (Phi) is 4.74. The topological polar surface area (TPSA) is 89.2 Å². The number of carbonyl (C=O) groups is 1. The first-order chi connectivity index (χ1) is 12.2. The maximum Gasteiger partial charge on any atom is 0.433 e. The van der Waals surface area contributed by atoms with Crippen LogP contribution >= 0.6 is 0 Å². The lowest BCUT2D eigenvalue weighted by Crippen LogP contribution is -2.17. The Hall–Kier alpha value is -2.43. The monoisotopic (exact) mass is 387 g/mol. The number of fused-ring (bicyclic) bond motifs is 1. The highest BCUT2D eigenvalue weighted by molar-refractivity contribution is 7.75. The second-order valence-corrected chi connectivity index (χ2v) is 7.09. The average Bonchev–Trinajstić information content (AvgIpc) is 3.17. The second kappa shape index (κ2) is 6.71. The number of hydrogen-bond acceptors (Lipinski definition) is 4. The van der Waals surface area contributed by atoms with Gasteiger partial charge in [0, 0.05) is 24.5 Å². The van der Waals surface area contributed by atoms with E-state index in [4.69, 9.17) is 0 Å². The lowest BCUT2D eigenvalue weighted by atomic mass is 10.1. The van der Waals surface area contributed by atoms with E-state index in [9.17, 15) is 22.2 Å². The number of nitrogens with one attached hydrogen (secondary N) is 1. The van der Waals surface area contributed by atoms with Gasteiger partial charge in [-0.1, -0.05) is 0 Å². The van der Waals surface area contributed by atoms with Gasteiger partial charge in [0.25, 0.3) is 0 Å². The van der Waals surface area contributed by atoms with E-state index in [1.807, 2.05) is 0 Å². The number of rotatable bonds is 2. The number of thiol groups is 1. The number of hydrogen-bond donors (Lipinski definition) is 2. The predicted octanol–water partition coefficient (Wildman–Crippen LogP) is 2.89. The smallest absolute Gasteiger partial charge is 0.305 e. The molecule has 2 aromatic rings. The van der Waals surface area contributed by atoms with Gasteiger partial charge in [-0.3, -0.25) is 4.68 Å². The van der Waals surface area contributed by atoms with Crippen LogP contribution in [0.25, 0.3) is 0 Å². The summed E-state index contributed by atoms with van der Waals surface area (Å²) in [7, 11) is -0.823. The molecule has 1 aliphatic rings. The molecule has 1 aliphatic carbocycles. The van der Waals surface area contributed by atoms with Gasteiger partial charge < -0.3 is 5.32 Å². The number of aromatic nitrogens is 3. The molecule has 11 heteroatoms. The zero-order valence-corrected chi connectivity index (χ0v) is 14.9. The number of pyridine rings is 1. The summed E-state index contributed by atoms with van der Waals surface area (Å²) in [5, 5.41) is 6.38. The van der Waals surface area contributed by atoms with Gasteiger partial charge in [0.1, 0.15) is 5.69 Å². The van der Waals surface area contributed by atoms with E-state index in [1.54, 1.807) is 13.2 Å². The zero-order chi connectivity index (χ0) is 19.1. The van der Waals surface area contributed by atoms with Crippen LogP contribution < -0.4 is 5.32 Å². The number of carbonyl (C=O) groups excluding carboxylic acids is 1. The maximum atomic E-state index is 13.2. The number of aryl methyl sites for hydroxylation is 2. The number of alkyl halides is 3. The van der Waals surface area contributed by atoms with Crippen LogP contribution in [0, 0.1) is 6.92 Å². The normalized spacial score (nSPS) is 15.1. The fourth-order valence-corrected chi connectivity index (χ4v) is 3.63. The van der Waals surface area contributed by atoms with E-state index < -0.39 is 28.5 Å². The number of nitrogens with zero attached hydrogens (tertiary/aromatic N) is 4. The van der Waals surface area contributed by atoms with Gasteiger partial charge in [-0.05, 0) is 37.8 Å². The molecule has 2 amide bonds. The molecule has 1 unspecified atom stereocenters. The summed E-state index contributed by atoms with van der Waals surface area (Å²) in [5.74, 6) is 0. The van der Waals surface area contributed by atoms with E-state index in [1.165, 1.54) is 17.7 Å². The van der Waals surface area contributed by atoms with Crippen molar-refractivity contribution in [1.82, 2.24) is 14.8 Å². The standard InChI is InChI=1S/C15H16F3N5O2S/c1-8-12(9-4-3-5-10(9)19-13(8)15(16,17)18)20-14(24)22-26(25)11-6-7-23(2)21-11/h6-7,26H,3-5H2,1-2H3,(H,19,20,24). The van der Waals surface area contributed by atoms with Crippen molar-refractivity contribution in [3.8, 4) is 0 Å². The largest absolute Gasteiger partial charge is 0.433 e. The first kappa shape index (κ1) is 18.4. The molecule has 0 radical (unpaired) electrons. The summed E-state index contributed by atoms with van der Waals surface area (Å²) in [6.45, 7) is 1.25. The first-order valence-electron chi connectivity index (χ1n) is 7.76. The van der Waals surface area contributed by atoms with E-state index in [0.717, 1.165) is 0 Å². The molecule has 0 aliphatic heterocycles. The van der Waals surface area contributed by atoms with E-state index >= 15 is 0 Å². The molecule has 0 aromatic carbocycles. The van der Waals surface area contributed by atoms with Gasteiger partial charge in [0.15, 0.2) is 5.03 Å². The minimum atomic E-state index is -4.63. The molecule has 1 N–H and O–H groups in total. The van der Waals surface area contributed by atoms with Crippen molar-refractivity contribution in [2.24, 2.45) is 11.4 Å². The Labute approximate surface area is 148 Å². The van der Waals surface area contributed by atoms with Crippen LogP contribution in [0.1, 0.15) is 28.9 Å². The van der Waals surface area contributed by atoms with Gasteiger partial charge in [-0.25, -0.2) is 14.0 Å². The molecule has 3 rings (SSSR count). The summed E-state index contributed by atoms with van der Waals surface area (Å²) in [6, 6.07) is 0.473. The molecule has 140 valence electrons. The molecule has 0 bridgehead atoms. The quantitative estimate of drug-likeness (QED) is 0.776. The number of urea groups is 1. The number of amides is 2. The summed E-state index contributed by atoms with van der Waals surface area (Å²) in [5.41, 5.74) is -0.241. The van der Waals surface area contributed by atoms with Crippen molar-refractivity contribution in [2.45, 2.75) is 37.4 Å². The highest BCUT2D eigenvalue weighted by Crippen LogP contribution is 2.38. The van der Waals surface area contributed by atoms with E-state index in [0.29, 0.717) is 30.5 Å². The first-order valence-corrected chi connectivity index (χ1v) is 8.97. The Morgan fingerprint density at radius 3 is 2.73 bits per heavy atom. The Bertz CT molecular complexity index is 961. The molecular weight excluding hydrogens is 371 g/mol. The minimum Gasteiger partial charge on any atom is -0.305 e. The second-order valence-electron chi connectivity index (χ2n) is 5.89. The van der Waals surface area contributed by atoms with Crippen LogP contribution in [0.2, 0.25) is 0 Å². The van der Waals surface area contributed by atoms with E-state index in [2.05, 4.69) is 19.8 Å². The van der Waals surface area contributed by atoms with Gasteiger partial charge in [0.2, 0.25) is 0 Å². The summed E-state index contributed by atoms with van der Waals surface area (Å²) in [6.07, 6.45) is -1.49. The van der Waals surface area contributed by atoms with Crippen LogP contribution in [0.3, 0.4) is 0 Å². The van der Waals surface area contributed by atoms with Crippen molar-refractivity contribution in [3.63, 3.8) is 0 Å². The van der Waals surface area contributed by atoms with Crippen molar-refractivity contribution in [2.75, 3.05) is 5.32 Å². The third kappa shape index (κ3) is 3.57. The lowest BCUT2D eigenvalue weighted by Gasteiger charge is -2.17. The molecule has 0 saturated carbocycles. The zero-order valence-electron chi connectivity index (χ0n) is 14.0. The van der Waals surface area contributed by atoms with Crippen molar-refractivity contribution in [1.29, 1.82) is 0 Å². The molecular formula is C15H16F3N5O2S. The van der Waals surface area contributed by atoms with Gasteiger partial charge >= 0.3 is 12.2 Å². The van der Waals surface area contributed by atoms with Crippen LogP contribution in [0.5, 0.6) is 0 Å². The average molecular weight is 387 g/mol. The van der Waals surface area contributed by atoms with Crippen LogP contribution in [0.15, 0.2) is 21.7 Å². The maximum absolute atomic E-state index is 13.2. The van der Waals surface area contributed by atoms with Crippen LogP contribution in [-0.4, -0.2) is 25.0 Å². The van der Waals surface area contributed by atoms with Gasteiger partial charge in [-0.15, -0.1) is 4.36 Å². The minimum absolute atomic E-state index is 0.0537. The van der Waals surface area contributed by atoms with Crippen LogP contribution in [-0.2, 0) is 36.7 Å². The van der Waals surface area contributed by atoms with Crippen molar-refractivity contribution < 1.29 is 22.2 Å². The van der Waals surface area contributed by atoms with E-state index in [-0.39, 0.29) is 16.3 Å². The van der Waals surface area contributed by atoms with Gasteiger partial charge in [-0.2, -0.15) is 18.3 Å². The Morgan fingerprint density at radius 1 is 1.38 bits per heavy atom. The van der Waals surface area contributed by atoms with Crippen molar-refractivity contribution >= 4 is 22.3 Å². The molecule has 0 fully saturated rings. The molecule has 26 heavy (non-hydrogen) atoms. The Morgan fingerprint density at radius 2 is 2.12 bits per heavy atom. The van der Waals surface area contributed by atoms with Gasteiger partial charge in [0.05, 0.1) is 16.3 Å². The number of halogens is 3. The Balaban J connectivity index is 1.96. The highest BCUT2D eigenvalue weighted by atomic mass is 32.2. The summed E-state index contributed by atoms with van der Waals surface area (Å²) < 4.78 is 56.6. The molecule has 1 atom stereocenters. The molecule has 2 aromatic heterocycles. The lowest BCUT2D eigenvalue weighted by molar-refractivity contribution is -0.141. The predicted molar refractivity (Wildman–Crippen MR) is 88.5 cm³/mol. The number of anilines is 1. The fourth-order valence-electron chi connectivity index (χ4n) is 2.90. The summed E-state index contributed by atoms with van der Waals surface area (Å²) >= 11 is 0. The third-order valence-electron chi connectivity index (χ3n) is 4.05. The molecule has 2 heterocycles. The molecule has 0 spiro atoms.